The van der Waals surface area contributed by atoms with Crippen molar-refractivity contribution in [3.63, 3.8) is 0 Å². The Hall–Kier alpha value is -3.69. The van der Waals surface area contributed by atoms with Gasteiger partial charge in [0.2, 0.25) is 0 Å². The van der Waals surface area contributed by atoms with Crippen molar-refractivity contribution < 1.29 is 4.79 Å². The summed E-state index contributed by atoms with van der Waals surface area (Å²) in [4.78, 5) is 21.6. The molecule has 1 aliphatic heterocycles. The molecule has 0 aliphatic carbocycles. The number of amides is 1. The Labute approximate surface area is 176 Å². The number of piperazine rings is 1. The molecule has 4 rings (SSSR count). The smallest absolute Gasteiger partial charge is 0.257 e. The molecule has 30 heavy (non-hydrogen) atoms. The van der Waals surface area contributed by atoms with Crippen LogP contribution in [0, 0.1) is 11.3 Å². The minimum atomic E-state index is -0.211. The van der Waals surface area contributed by atoms with Crippen molar-refractivity contribution in [3.8, 4) is 6.07 Å². The molecule has 0 saturated carbocycles. The molecule has 0 spiro atoms. The number of nitrogens with one attached hydrogen (secondary N) is 1. The van der Waals surface area contributed by atoms with Crippen molar-refractivity contribution >= 4 is 17.3 Å². The Morgan fingerprint density at radius 3 is 2.43 bits per heavy atom. The molecule has 0 bridgehead atoms. The number of rotatable bonds is 5. The highest BCUT2D eigenvalue weighted by atomic mass is 16.1. The third-order valence-corrected chi connectivity index (χ3v) is 5.24. The van der Waals surface area contributed by atoms with E-state index in [1.54, 1.807) is 30.5 Å². The van der Waals surface area contributed by atoms with Crippen molar-refractivity contribution in [2.24, 2.45) is 0 Å². The van der Waals surface area contributed by atoms with Crippen molar-refractivity contribution in [2.45, 2.75) is 6.54 Å². The van der Waals surface area contributed by atoms with Gasteiger partial charge in [-0.2, -0.15) is 5.26 Å². The lowest BCUT2D eigenvalue weighted by atomic mass is 10.1. The fraction of sp³-hybridized carbons (Fsp3) is 0.208. The molecule has 6 nitrogen and oxygen atoms in total. The molecule has 2 heterocycles. The van der Waals surface area contributed by atoms with Crippen LogP contribution in [0.1, 0.15) is 21.5 Å². The lowest BCUT2D eigenvalue weighted by Crippen LogP contribution is -2.46. The topological polar surface area (TPSA) is 72.3 Å². The van der Waals surface area contributed by atoms with Gasteiger partial charge < -0.3 is 10.2 Å². The lowest BCUT2D eigenvalue weighted by molar-refractivity contribution is 0.102. The molecular formula is C24H23N5O. The van der Waals surface area contributed by atoms with E-state index in [1.807, 2.05) is 18.3 Å². The first kappa shape index (κ1) is 19.6. The number of benzene rings is 2. The molecule has 1 amide bonds. The molecule has 0 unspecified atom stereocenters. The minimum Gasteiger partial charge on any atom is -0.368 e. The van der Waals surface area contributed by atoms with Gasteiger partial charge in [0.25, 0.3) is 5.91 Å². The predicted octanol–water partition coefficient (Wildman–Crippen LogP) is 3.53. The summed E-state index contributed by atoms with van der Waals surface area (Å²) in [5, 5.41) is 11.7. The normalized spacial score (nSPS) is 14.2. The number of nitriles is 1. The van der Waals surface area contributed by atoms with Crippen molar-refractivity contribution in [2.75, 3.05) is 36.4 Å². The van der Waals surface area contributed by atoms with E-state index in [4.69, 9.17) is 5.26 Å². The summed E-state index contributed by atoms with van der Waals surface area (Å²) in [5.41, 5.74) is 4.02. The fourth-order valence-corrected chi connectivity index (χ4v) is 3.56. The van der Waals surface area contributed by atoms with Gasteiger partial charge in [-0.3, -0.25) is 14.7 Å². The standard InChI is InChI=1S/C24H23N5O/c25-15-19-6-8-22(9-7-19)27-24(30)21-14-23(17-26-16-21)29-12-10-28(11-13-29)18-20-4-2-1-3-5-20/h1-9,14,16-17H,10-13,18H2,(H,27,30). The van der Waals surface area contributed by atoms with Gasteiger partial charge in [0, 0.05) is 44.6 Å². The number of carbonyl (C=O) groups is 1. The van der Waals surface area contributed by atoms with Gasteiger partial charge >= 0.3 is 0 Å². The molecule has 150 valence electrons. The van der Waals surface area contributed by atoms with Gasteiger partial charge in [0.15, 0.2) is 0 Å². The second-order valence-electron chi connectivity index (χ2n) is 7.32. The predicted molar refractivity (Wildman–Crippen MR) is 117 cm³/mol. The van der Waals surface area contributed by atoms with Crippen LogP contribution in [-0.4, -0.2) is 42.0 Å². The number of nitrogens with zero attached hydrogens (tertiary/aromatic N) is 4. The molecule has 1 aliphatic rings. The largest absolute Gasteiger partial charge is 0.368 e. The molecule has 1 aromatic heterocycles. The van der Waals surface area contributed by atoms with Crippen molar-refractivity contribution in [1.29, 1.82) is 5.26 Å². The maximum atomic E-state index is 12.6. The molecule has 1 saturated heterocycles. The lowest BCUT2D eigenvalue weighted by Gasteiger charge is -2.36. The van der Waals surface area contributed by atoms with Crippen molar-refractivity contribution in [3.05, 3.63) is 89.7 Å². The summed E-state index contributed by atoms with van der Waals surface area (Å²) < 4.78 is 0. The highest BCUT2D eigenvalue weighted by Gasteiger charge is 2.18. The number of pyridine rings is 1. The van der Waals surface area contributed by atoms with Gasteiger partial charge in [0.1, 0.15) is 0 Å². The molecule has 0 radical (unpaired) electrons. The molecule has 6 heteroatoms. The maximum absolute atomic E-state index is 12.6. The summed E-state index contributed by atoms with van der Waals surface area (Å²) in [5.74, 6) is -0.211. The number of aromatic nitrogens is 1. The van der Waals surface area contributed by atoms with Gasteiger partial charge in [-0.1, -0.05) is 30.3 Å². The summed E-state index contributed by atoms with van der Waals surface area (Å²) in [7, 11) is 0. The zero-order valence-electron chi connectivity index (χ0n) is 16.7. The van der Waals surface area contributed by atoms with Gasteiger partial charge in [-0.05, 0) is 35.9 Å². The summed E-state index contributed by atoms with van der Waals surface area (Å²) in [6.07, 6.45) is 3.39. The van der Waals surface area contributed by atoms with Crippen molar-refractivity contribution in [1.82, 2.24) is 9.88 Å². The Kier molecular flexibility index (Phi) is 6.02. The van der Waals surface area contributed by atoms with E-state index in [0.29, 0.717) is 16.8 Å². The zero-order chi connectivity index (χ0) is 20.8. The minimum absolute atomic E-state index is 0.211. The molecule has 1 N–H and O–H groups in total. The second-order valence-corrected chi connectivity index (χ2v) is 7.32. The average Bonchev–Trinajstić information content (AvgIpc) is 2.81. The van der Waals surface area contributed by atoms with Crippen LogP contribution in [0.5, 0.6) is 0 Å². The van der Waals surface area contributed by atoms with Crippen LogP contribution in [-0.2, 0) is 6.54 Å². The van der Waals surface area contributed by atoms with E-state index in [9.17, 15) is 4.79 Å². The van der Waals surface area contributed by atoms with Crippen LogP contribution in [0.2, 0.25) is 0 Å². The third kappa shape index (κ3) is 4.83. The molecule has 1 fully saturated rings. The first-order valence-electron chi connectivity index (χ1n) is 9.99. The first-order valence-corrected chi connectivity index (χ1v) is 9.99. The quantitative estimate of drug-likeness (QED) is 0.713. The Balaban J connectivity index is 1.36. The second kappa shape index (κ2) is 9.21. The third-order valence-electron chi connectivity index (χ3n) is 5.24. The number of hydrogen-bond donors (Lipinski definition) is 1. The Morgan fingerprint density at radius 2 is 1.73 bits per heavy atom. The van der Waals surface area contributed by atoms with Crippen LogP contribution in [0.15, 0.2) is 73.1 Å². The highest BCUT2D eigenvalue weighted by molar-refractivity contribution is 6.04. The first-order chi connectivity index (χ1) is 14.7. The molecule has 2 aromatic carbocycles. The SMILES string of the molecule is N#Cc1ccc(NC(=O)c2cncc(N3CCN(Cc4ccccc4)CC3)c2)cc1. The Bertz CT molecular complexity index is 1040. The number of anilines is 2. The fourth-order valence-electron chi connectivity index (χ4n) is 3.56. The van der Waals surface area contributed by atoms with E-state index in [-0.39, 0.29) is 5.91 Å². The zero-order valence-corrected chi connectivity index (χ0v) is 16.7. The summed E-state index contributed by atoms with van der Waals surface area (Å²) in [6.45, 7) is 4.69. The van der Waals surface area contributed by atoms with E-state index in [0.717, 1.165) is 38.4 Å². The van der Waals surface area contributed by atoms with E-state index >= 15 is 0 Å². The highest BCUT2D eigenvalue weighted by Crippen LogP contribution is 2.19. The monoisotopic (exact) mass is 397 g/mol. The number of hydrogen-bond acceptors (Lipinski definition) is 5. The van der Waals surface area contributed by atoms with E-state index in [1.165, 1.54) is 5.56 Å². The maximum Gasteiger partial charge on any atom is 0.257 e. The molecule has 3 aromatic rings. The van der Waals surface area contributed by atoms with Crippen LogP contribution in [0.25, 0.3) is 0 Å². The van der Waals surface area contributed by atoms with Crippen LogP contribution < -0.4 is 10.2 Å². The van der Waals surface area contributed by atoms with Gasteiger partial charge in [0.05, 0.1) is 29.1 Å². The van der Waals surface area contributed by atoms with Crippen LogP contribution in [0.3, 0.4) is 0 Å². The Morgan fingerprint density at radius 1 is 1.00 bits per heavy atom. The average molecular weight is 397 g/mol. The van der Waals surface area contributed by atoms with E-state index < -0.39 is 0 Å². The molecule has 0 atom stereocenters. The van der Waals surface area contributed by atoms with E-state index in [2.05, 4.69) is 50.4 Å². The van der Waals surface area contributed by atoms with Crippen LogP contribution in [0.4, 0.5) is 11.4 Å². The molecular weight excluding hydrogens is 374 g/mol. The van der Waals surface area contributed by atoms with Crippen LogP contribution >= 0.6 is 0 Å². The van der Waals surface area contributed by atoms with Gasteiger partial charge in [-0.25, -0.2) is 0 Å². The summed E-state index contributed by atoms with van der Waals surface area (Å²) in [6, 6.07) is 21.3. The van der Waals surface area contributed by atoms with Gasteiger partial charge in [-0.15, -0.1) is 0 Å². The summed E-state index contributed by atoms with van der Waals surface area (Å²) >= 11 is 0. The number of carbonyl (C=O) groups excluding carboxylic acids is 1.